The Hall–Kier alpha value is -1.28. The normalized spacial score (nSPS) is 10.4. The highest BCUT2D eigenvalue weighted by Gasteiger charge is 2.08. The minimum absolute atomic E-state index is 0.649. The van der Waals surface area contributed by atoms with Gasteiger partial charge in [0.15, 0.2) is 0 Å². The number of nitrogens with zero attached hydrogens (tertiary/aromatic N) is 1. The van der Waals surface area contributed by atoms with E-state index in [-0.39, 0.29) is 0 Å². The summed E-state index contributed by atoms with van der Waals surface area (Å²) in [5.74, 6) is 0. The van der Waals surface area contributed by atoms with Crippen molar-refractivity contribution >= 4 is 22.5 Å². The van der Waals surface area contributed by atoms with Gasteiger partial charge in [0.1, 0.15) is 0 Å². The van der Waals surface area contributed by atoms with Crippen LogP contribution >= 0.6 is 11.6 Å². The first-order chi connectivity index (χ1) is 5.79. The Labute approximate surface area is 74.6 Å². The lowest BCUT2D eigenvalue weighted by Crippen LogP contribution is -2.29. The summed E-state index contributed by atoms with van der Waals surface area (Å²) < 4.78 is 1.06. The fourth-order valence-corrected chi connectivity index (χ4v) is 1.40. The smallest absolute Gasteiger partial charge is 0.265 e. The van der Waals surface area contributed by atoms with Gasteiger partial charge in [-0.05, 0) is 6.07 Å². The Morgan fingerprint density at radius 1 is 1.17 bits per heavy atom. The summed E-state index contributed by atoms with van der Waals surface area (Å²) in [4.78, 5) is 0. The van der Waals surface area contributed by atoms with Crippen LogP contribution in [0.2, 0.25) is 5.02 Å². The van der Waals surface area contributed by atoms with E-state index in [9.17, 15) is 5.21 Å². The molecule has 0 unspecified atom stereocenters. The van der Waals surface area contributed by atoms with Crippen molar-refractivity contribution in [3.05, 3.63) is 41.6 Å². The van der Waals surface area contributed by atoms with Crippen molar-refractivity contribution < 1.29 is 9.94 Å². The second-order valence-corrected chi connectivity index (χ2v) is 2.93. The lowest BCUT2D eigenvalue weighted by atomic mass is 10.2. The fourth-order valence-electron chi connectivity index (χ4n) is 1.18. The molecule has 12 heavy (non-hydrogen) atoms. The van der Waals surface area contributed by atoms with E-state index in [1.54, 1.807) is 12.1 Å². The molecule has 1 aromatic heterocycles. The Morgan fingerprint density at radius 3 is 2.67 bits per heavy atom. The number of pyridine rings is 1. The van der Waals surface area contributed by atoms with Crippen LogP contribution in [0.1, 0.15) is 0 Å². The second kappa shape index (κ2) is 2.64. The maximum Gasteiger partial charge on any atom is 0.265 e. The molecule has 2 rings (SSSR count). The number of para-hydroxylation sites is 1. The van der Waals surface area contributed by atoms with Crippen LogP contribution < -0.4 is 4.73 Å². The van der Waals surface area contributed by atoms with Gasteiger partial charge in [0.25, 0.3) is 5.52 Å². The molecule has 0 saturated carbocycles. The van der Waals surface area contributed by atoms with Gasteiger partial charge in [0.2, 0.25) is 6.20 Å². The van der Waals surface area contributed by atoms with E-state index >= 15 is 0 Å². The van der Waals surface area contributed by atoms with Gasteiger partial charge in [-0.25, -0.2) is 0 Å². The number of hydrogen-bond donors (Lipinski definition) is 1. The van der Waals surface area contributed by atoms with Gasteiger partial charge in [0, 0.05) is 16.9 Å². The van der Waals surface area contributed by atoms with Crippen molar-refractivity contribution in [2.45, 2.75) is 0 Å². The van der Waals surface area contributed by atoms with Crippen molar-refractivity contribution in [1.82, 2.24) is 0 Å². The van der Waals surface area contributed by atoms with Crippen molar-refractivity contribution in [2.75, 3.05) is 0 Å². The molecule has 0 aliphatic heterocycles. The van der Waals surface area contributed by atoms with Crippen LogP contribution in [-0.4, -0.2) is 5.21 Å². The number of halogens is 1. The van der Waals surface area contributed by atoms with Gasteiger partial charge in [-0.1, -0.05) is 23.7 Å². The SMILES string of the molecule is O[n+]1ccc(Cl)c2ccccc21. The third kappa shape index (κ3) is 1.01. The van der Waals surface area contributed by atoms with E-state index in [0.717, 1.165) is 10.1 Å². The highest BCUT2D eigenvalue weighted by atomic mass is 35.5. The zero-order valence-electron chi connectivity index (χ0n) is 6.24. The highest BCUT2D eigenvalue weighted by molar-refractivity contribution is 6.35. The molecule has 2 aromatic rings. The van der Waals surface area contributed by atoms with Crippen molar-refractivity contribution in [3.8, 4) is 0 Å². The summed E-state index contributed by atoms with van der Waals surface area (Å²) in [6, 6.07) is 9.06. The lowest BCUT2D eigenvalue weighted by Gasteiger charge is -1.94. The van der Waals surface area contributed by atoms with Crippen LogP contribution in [0.3, 0.4) is 0 Å². The topological polar surface area (TPSA) is 24.1 Å². The maximum absolute atomic E-state index is 9.35. The predicted molar refractivity (Wildman–Crippen MR) is 46.3 cm³/mol. The monoisotopic (exact) mass is 180 g/mol. The average molecular weight is 181 g/mol. The number of aromatic nitrogens is 1. The summed E-state index contributed by atoms with van der Waals surface area (Å²) in [5, 5.41) is 10.9. The van der Waals surface area contributed by atoms with E-state index in [1.807, 2.05) is 18.2 Å². The summed E-state index contributed by atoms with van der Waals surface area (Å²) in [6.07, 6.45) is 1.52. The quantitative estimate of drug-likeness (QED) is 0.487. The molecule has 3 heteroatoms. The second-order valence-electron chi connectivity index (χ2n) is 2.53. The Morgan fingerprint density at radius 2 is 1.92 bits per heavy atom. The first-order valence-electron chi connectivity index (χ1n) is 3.57. The van der Waals surface area contributed by atoms with Crippen LogP contribution in [0.5, 0.6) is 0 Å². The van der Waals surface area contributed by atoms with E-state index in [1.165, 1.54) is 6.20 Å². The average Bonchev–Trinajstić information content (AvgIpc) is 2.12. The number of rotatable bonds is 0. The van der Waals surface area contributed by atoms with Crippen molar-refractivity contribution in [2.24, 2.45) is 0 Å². The van der Waals surface area contributed by atoms with Gasteiger partial charge in [-0.2, -0.15) is 0 Å². The molecule has 0 fully saturated rings. The molecule has 60 valence electrons. The summed E-state index contributed by atoms with van der Waals surface area (Å²) in [5.41, 5.74) is 0.713. The van der Waals surface area contributed by atoms with Gasteiger partial charge in [-0.15, -0.1) is 0 Å². The van der Waals surface area contributed by atoms with E-state index in [0.29, 0.717) is 10.5 Å². The van der Waals surface area contributed by atoms with Crippen molar-refractivity contribution in [3.63, 3.8) is 0 Å². The van der Waals surface area contributed by atoms with Gasteiger partial charge in [-0.3, -0.25) is 5.21 Å². The van der Waals surface area contributed by atoms with E-state index in [2.05, 4.69) is 0 Å². The van der Waals surface area contributed by atoms with Gasteiger partial charge < -0.3 is 0 Å². The minimum Gasteiger partial charge on any atom is -0.285 e. The molecule has 1 heterocycles. The van der Waals surface area contributed by atoms with E-state index < -0.39 is 0 Å². The number of fused-ring (bicyclic) bond motifs is 1. The molecular weight excluding hydrogens is 174 g/mol. The Bertz CT molecular complexity index is 387. The highest BCUT2D eigenvalue weighted by Crippen LogP contribution is 2.18. The molecule has 0 aliphatic carbocycles. The van der Waals surface area contributed by atoms with Crippen LogP contribution in [0, 0.1) is 0 Å². The molecule has 0 aliphatic rings. The largest absolute Gasteiger partial charge is 0.285 e. The number of benzene rings is 1. The van der Waals surface area contributed by atoms with Gasteiger partial charge in [0.05, 0.1) is 10.4 Å². The summed E-state index contributed by atoms with van der Waals surface area (Å²) in [7, 11) is 0. The fraction of sp³-hybridized carbons (Fsp3) is 0. The molecule has 1 N–H and O–H groups in total. The Balaban J connectivity index is 2.95. The molecule has 2 nitrogen and oxygen atoms in total. The molecule has 0 bridgehead atoms. The third-order valence-corrected chi connectivity index (χ3v) is 2.10. The van der Waals surface area contributed by atoms with Crippen LogP contribution in [0.25, 0.3) is 10.9 Å². The van der Waals surface area contributed by atoms with E-state index in [4.69, 9.17) is 11.6 Å². The summed E-state index contributed by atoms with van der Waals surface area (Å²) >= 11 is 5.90. The maximum atomic E-state index is 9.35. The molecule has 0 amide bonds. The molecule has 0 radical (unpaired) electrons. The molecular formula is C9H7ClNO+. The standard InChI is InChI=1S/C9H7ClNO/c10-8-5-6-11(12)9-4-2-1-3-7(8)9/h1-6,12H/q+1. The molecule has 0 atom stereocenters. The Kier molecular flexibility index (Phi) is 1.62. The van der Waals surface area contributed by atoms with Crippen LogP contribution in [-0.2, 0) is 0 Å². The zero-order chi connectivity index (χ0) is 8.55. The van der Waals surface area contributed by atoms with Crippen LogP contribution in [0.15, 0.2) is 36.5 Å². The number of hydrogen-bond acceptors (Lipinski definition) is 1. The van der Waals surface area contributed by atoms with Gasteiger partial charge >= 0.3 is 0 Å². The van der Waals surface area contributed by atoms with Crippen LogP contribution in [0.4, 0.5) is 0 Å². The van der Waals surface area contributed by atoms with Crippen molar-refractivity contribution in [1.29, 1.82) is 0 Å². The molecule has 0 saturated heterocycles. The lowest BCUT2D eigenvalue weighted by molar-refractivity contribution is -0.884. The molecule has 1 aromatic carbocycles. The predicted octanol–water partition coefficient (Wildman–Crippen LogP) is 2.02. The molecule has 0 spiro atoms. The minimum atomic E-state index is 0.649. The first-order valence-corrected chi connectivity index (χ1v) is 3.95. The third-order valence-electron chi connectivity index (χ3n) is 1.77. The summed E-state index contributed by atoms with van der Waals surface area (Å²) in [6.45, 7) is 0. The first kappa shape index (κ1) is 7.37. The zero-order valence-corrected chi connectivity index (χ0v) is 6.99.